The smallest absolute Gasteiger partial charge is 0.135 e. The molecule has 0 nitrogen and oxygen atoms in total. The third-order valence-electron chi connectivity index (χ3n) is 1.35. The highest BCUT2D eigenvalue weighted by molar-refractivity contribution is 9.09. The molecule has 1 unspecified atom stereocenters. The van der Waals surface area contributed by atoms with Crippen molar-refractivity contribution < 1.29 is 8.78 Å². The van der Waals surface area contributed by atoms with Gasteiger partial charge in [0.15, 0.2) is 0 Å². The lowest BCUT2D eigenvalue weighted by Crippen LogP contribution is -1.92. The van der Waals surface area contributed by atoms with E-state index < -0.39 is 12.0 Å². The van der Waals surface area contributed by atoms with Crippen molar-refractivity contribution in [1.29, 1.82) is 0 Å². The summed E-state index contributed by atoms with van der Waals surface area (Å²) in [5, 5.41) is 0.205. The van der Waals surface area contributed by atoms with Crippen LogP contribution in [0, 0.1) is 5.82 Å². The van der Waals surface area contributed by atoms with E-state index in [1.165, 1.54) is 18.2 Å². The zero-order valence-corrected chi connectivity index (χ0v) is 7.31. The van der Waals surface area contributed by atoms with Crippen molar-refractivity contribution >= 4 is 15.9 Å². The molecule has 0 aliphatic heterocycles. The molecule has 60 valence electrons. The molecule has 1 atom stereocenters. The first-order chi connectivity index (χ1) is 5.24. The van der Waals surface area contributed by atoms with Crippen LogP contribution in [0.25, 0.3) is 0 Å². The van der Waals surface area contributed by atoms with Gasteiger partial charge in [0, 0.05) is 5.33 Å². The van der Waals surface area contributed by atoms with Crippen molar-refractivity contribution in [2.45, 2.75) is 6.17 Å². The van der Waals surface area contributed by atoms with Gasteiger partial charge in [0.2, 0.25) is 0 Å². The lowest BCUT2D eigenvalue weighted by Gasteiger charge is -2.02. The number of alkyl halides is 2. The lowest BCUT2D eigenvalue weighted by molar-refractivity contribution is 0.381. The first kappa shape index (κ1) is 8.65. The molecule has 0 saturated carbocycles. The van der Waals surface area contributed by atoms with Gasteiger partial charge in [0.1, 0.15) is 12.0 Å². The summed E-state index contributed by atoms with van der Waals surface area (Å²) in [5.74, 6) is -0.397. The first-order valence-electron chi connectivity index (χ1n) is 3.19. The van der Waals surface area contributed by atoms with E-state index in [4.69, 9.17) is 0 Å². The van der Waals surface area contributed by atoms with Crippen LogP contribution in [-0.4, -0.2) is 5.33 Å². The van der Waals surface area contributed by atoms with E-state index in [0.717, 1.165) is 0 Å². The van der Waals surface area contributed by atoms with E-state index >= 15 is 0 Å². The summed E-state index contributed by atoms with van der Waals surface area (Å²) in [5.41, 5.74) is 0.377. The van der Waals surface area contributed by atoms with Crippen molar-refractivity contribution in [3.8, 4) is 0 Å². The van der Waals surface area contributed by atoms with Gasteiger partial charge in [-0.15, -0.1) is 0 Å². The Morgan fingerprint density at radius 3 is 2.73 bits per heavy atom. The highest BCUT2D eigenvalue weighted by Crippen LogP contribution is 2.19. The Morgan fingerprint density at radius 1 is 1.45 bits per heavy atom. The fourth-order valence-corrected chi connectivity index (χ4v) is 1.16. The second-order valence-electron chi connectivity index (χ2n) is 2.18. The Balaban J connectivity index is 2.86. The third-order valence-corrected chi connectivity index (χ3v) is 1.91. The minimum atomic E-state index is -1.12. The van der Waals surface area contributed by atoms with E-state index in [0.29, 0.717) is 5.56 Å². The Hall–Kier alpha value is -0.440. The van der Waals surface area contributed by atoms with Crippen LogP contribution in [0.15, 0.2) is 24.3 Å². The molecular weight excluding hydrogens is 214 g/mol. The average Bonchev–Trinajstić information content (AvgIpc) is 2.03. The molecule has 0 radical (unpaired) electrons. The SMILES string of the molecule is Fc1cccc(C(F)CBr)c1. The Labute approximate surface area is 72.4 Å². The predicted molar refractivity (Wildman–Crippen MR) is 44.0 cm³/mol. The quantitative estimate of drug-likeness (QED) is 0.672. The fourth-order valence-electron chi connectivity index (χ4n) is 0.791. The highest BCUT2D eigenvalue weighted by Gasteiger charge is 2.07. The van der Waals surface area contributed by atoms with Gasteiger partial charge in [0.05, 0.1) is 0 Å². The Kier molecular flexibility index (Phi) is 3.00. The molecule has 0 heterocycles. The van der Waals surface area contributed by atoms with Gasteiger partial charge in [-0.1, -0.05) is 28.1 Å². The second-order valence-corrected chi connectivity index (χ2v) is 2.82. The van der Waals surface area contributed by atoms with Gasteiger partial charge in [0.25, 0.3) is 0 Å². The Bertz CT molecular complexity index is 237. The molecule has 0 amide bonds. The van der Waals surface area contributed by atoms with Gasteiger partial charge < -0.3 is 0 Å². The molecular formula is C8H7BrF2. The van der Waals surface area contributed by atoms with Crippen LogP contribution in [0.3, 0.4) is 0 Å². The summed E-state index contributed by atoms with van der Waals surface area (Å²) in [7, 11) is 0. The highest BCUT2D eigenvalue weighted by atomic mass is 79.9. The van der Waals surface area contributed by atoms with Gasteiger partial charge >= 0.3 is 0 Å². The molecule has 0 aliphatic rings. The maximum absolute atomic E-state index is 12.8. The maximum atomic E-state index is 12.8. The lowest BCUT2D eigenvalue weighted by atomic mass is 10.1. The number of rotatable bonds is 2. The monoisotopic (exact) mass is 220 g/mol. The molecule has 3 heteroatoms. The van der Waals surface area contributed by atoms with E-state index in [2.05, 4.69) is 15.9 Å². The normalized spacial score (nSPS) is 13.0. The van der Waals surface area contributed by atoms with Crippen LogP contribution in [0.4, 0.5) is 8.78 Å². The largest absolute Gasteiger partial charge is 0.241 e. The first-order valence-corrected chi connectivity index (χ1v) is 4.31. The zero-order valence-electron chi connectivity index (χ0n) is 5.73. The molecule has 11 heavy (non-hydrogen) atoms. The molecule has 0 saturated heterocycles. The molecule has 1 rings (SSSR count). The van der Waals surface area contributed by atoms with E-state index in [1.807, 2.05) is 0 Å². The summed E-state index contributed by atoms with van der Waals surface area (Å²) in [6, 6.07) is 5.56. The van der Waals surface area contributed by atoms with Crippen LogP contribution in [0.5, 0.6) is 0 Å². The van der Waals surface area contributed by atoms with Gasteiger partial charge in [-0.3, -0.25) is 0 Å². The minimum absolute atomic E-state index is 0.205. The van der Waals surface area contributed by atoms with Gasteiger partial charge in [-0.25, -0.2) is 8.78 Å². The summed E-state index contributed by atoms with van der Waals surface area (Å²) < 4.78 is 25.3. The van der Waals surface area contributed by atoms with E-state index in [9.17, 15) is 8.78 Å². The summed E-state index contributed by atoms with van der Waals surface area (Å²) in [6.07, 6.45) is -1.12. The molecule has 0 aliphatic carbocycles. The van der Waals surface area contributed by atoms with Gasteiger partial charge in [-0.2, -0.15) is 0 Å². The maximum Gasteiger partial charge on any atom is 0.135 e. The van der Waals surface area contributed by atoms with Crippen LogP contribution < -0.4 is 0 Å². The van der Waals surface area contributed by atoms with Crippen molar-refractivity contribution in [2.24, 2.45) is 0 Å². The molecule has 0 bridgehead atoms. The summed E-state index contributed by atoms with van der Waals surface area (Å²) in [6.45, 7) is 0. The van der Waals surface area contributed by atoms with Crippen molar-refractivity contribution in [1.82, 2.24) is 0 Å². The van der Waals surface area contributed by atoms with Gasteiger partial charge in [-0.05, 0) is 17.7 Å². The standard InChI is InChI=1S/C8H7BrF2/c9-5-8(11)6-2-1-3-7(10)4-6/h1-4,8H,5H2. The topological polar surface area (TPSA) is 0 Å². The van der Waals surface area contributed by atoms with Crippen LogP contribution >= 0.6 is 15.9 Å². The predicted octanol–water partition coefficient (Wildman–Crippen LogP) is 3.23. The number of hydrogen-bond acceptors (Lipinski definition) is 0. The van der Waals surface area contributed by atoms with E-state index in [1.54, 1.807) is 6.07 Å². The van der Waals surface area contributed by atoms with E-state index in [-0.39, 0.29) is 5.33 Å². The third kappa shape index (κ3) is 2.26. The molecule has 0 spiro atoms. The second kappa shape index (κ2) is 3.81. The molecule has 0 N–H and O–H groups in total. The van der Waals surface area contributed by atoms with Crippen molar-refractivity contribution in [3.05, 3.63) is 35.6 Å². The average molecular weight is 221 g/mol. The van der Waals surface area contributed by atoms with Crippen LogP contribution in [0.2, 0.25) is 0 Å². The van der Waals surface area contributed by atoms with Crippen LogP contribution in [0.1, 0.15) is 11.7 Å². The Morgan fingerprint density at radius 2 is 2.18 bits per heavy atom. The van der Waals surface area contributed by atoms with Crippen molar-refractivity contribution in [2.75, 3.05) is 5.33 Å². The van der Waals surface area contributed by atoms with Crippen LogP contribution in [-0.2, 0) is 0 Å². The fraction of sp³-hybridized carbons (Fsp3) is 0.250. The van der Waals surface area contributed by atoms with Crippen molar-refractivity contribution in [3.63, 3.8) is 0 Å². The molecule has 1 aromatic carbocycles. The number of halogens is 3. The molecule has 1 aromatic rings. The zero-order chi connectivity index (χ0) is 8.27. The number of benzene rings is 1. The number of hydrogen-bond donors (Lipinski definition) is 0. The minimum Gasteiger partial charge on any atom is -0.241 e. The molecule has 0 fully saturated rings. The summed E-state index contributed by atoms with van der Waals surface area (Å²) >= 11 is 2.98. The molecule has 0 aromatic heterocycles. The summed E-state index contributed by atoms with van der Waals surface area (Å²) in [4.78, 5) is 0.